The second-order valence-corrected chi connectivity index (χ2v) is 8.85. The number of amides is 1. The van der Waals surface area contributed by atoms with Crippen LogP contribution in [0.5, 0.6) is 5.75 Å². The van der Waals surface area contributed by atoms with Crippen LogP contribution in [0.4, 0.5) is 5.69 Å². The fraction of sp³-hybridized carbons (Fsp3) is 0.174. The average molecular weight is 497 g/mol. The number of carbonyl (C=O) groups excluding carboxylic acids is 1. The SMILES string of the molecule is COc1ccc(/C=C2/SC(=Nc3ccccc3)NC2=O)cc1Cn1nc(C)c(Br)c1C. The van der Waals surface area contributed by atoms with E-state index in [1.807, 2.05) is 73.1 Å². The summed E-state index contributed by atoms with van der Waals surface area (Å²) in [5.41, 5.74) is 4.69. The lowest BCUT2D eigenvalue weighted by molar-refractivity contribution is -0.115. The number of aliphatic imine (C=N–C) groups is 1. The van der Waals surface area contributed by atoms with Crippen LogP contribution in [-0.4, -0.2) is 28.0 Å². The van der Waals surface area contributed by atoms with Crippen LogP contribution in [0.25, 0.3) is 6.08 Å². The lowest BCUT2D eigenvalue weighted by Gasteiger charge is -2.11. The van der Waals surface area contributed by atoms with Crippen molar-refractivity contribution in [3.8, 4) is 5.75 Å². The van der Waals surface area contributed by atoms with Gasteiger partial charge in [0.1, 0.15) is 5.75 Å². The Morgan fingerprint density at radius 1 is 1.23 bits per heavy atom. The van der Waals surface area contributed by atoms with Gasteiger partial charge in [-0.15, -0.1) is 0 Å². The van der Waals surface area contributed by atoms with Crippen LogP contribution in [0.15, 0.2) is 62.9 Å². The van der Waals surface area contributed by atoms with Gasteiger partial charge in [-0.05, 0) is 77.4 Å². The molecule has 0 unspecified atom stereocenters. The van der Waals surface area contributed by atoms with Crippen LogP contribution >= 0.6 is 27.7 Å². The fourth-order valence-corrected chi connectivity index (χ4v) is 4.38. The predicted octanol–water partition coefficient (Wildman–Crippen LogP) is 5.21. The van der Waals surface area contributed by atoms with Gasteiger partial charge in [-0.2, -0.15) is 5.10 Å². The van der Waals surface area contributed by atoms with Crippen molar-refractivity contribution in [3.05, 3.63) is 80.4 Å². The number of aromatic nitrogens is 2. The molecule has 0 radical (unpaired) electrons. The van der Waals surface area contributed by atoms with Crippen molar-refractivity contribution in [2.75, 3.05) is 7.11 Å². The summed E-state index contributed by atoms with van der Waals surface area (Å²) in [6.07, 6.45) is 1.87. The normalized spacial score (nSPS) is 16.2. The van der Waals surface area contributed by atoms with Crippen LogP contribution in [0.3, 0.4) is 0 Å². The van der Waals surface area contributed by atoms with E-state index in [2.05, 4.69) is 31.3 Å². The van der Waals surface area contributed by atoms with E-state index in [0.717, 1.165) is 38.4 Å². The van der Waals surface area contributed by atoms with Gasteiger partial charge < -0.3 is 10.1 Å². The summed E-state index contributed by atoms with van der Waals surface area (Å²) in [7, 11) is 1.65. The van der Waals surface area contributed by atoms with E-state index >= 15 is 0 Å². The molecule has 1 aromatic heterocycles. The Kier molecular flexibility index (Phi) is 6.29. The number of para-hydroxylation sites is 1. The van der Waals surface area contributed by atoms with Gasteiger partial charge in [0, 0.05) is 5.56 Å². The van der Waals surface area contributed by atoms with Gasteiger partial charge in [0.2, 0.25) is 0 Å². The van der Waals surface area contributed by atoms with Gasteiger partial charge in [-0.1, -0.05) is 24.3 Å². The number of methoxy groups -OCH3 is 1. The lowest BCUT2D eigenvalue weighted by atomic mass is 10.1. The van der Waals surface area contributed by atoms with Gasteiger partial charge in [-0.25, -0.2) is 4.99 Å². The molecule has 0 atom stereocenters. The summed E-state index contributed by atoms with van der Waals surface area (Å²) in [6.45, 7) is 4.56. The Labute approximate surface area is 193 Å². The summed E-state index contributed by atoms with van der Waals surface area (Å²) >= 11 is 4.91. The maximum atomic E-state index is 12.4. The van der Waals surface area contributed by atoms with Gasteiger partial charge in [0.05, 0.1) is 40.1 Å². The number of hydrogen-bond donors (Lipinski definition) is 1. The number of halogens is 1. The molecule has 0 bridgehead atoms. The Balaban J connectivity index is 1.60. The highest BCUT2D eigenvalue weighted by molar-refractivity contribution is 9.10. The number of nitrogens with one attached hydrogen (secondary N) is 1. The van der Waals surface area contributed by atoms with E-state index in [1.54, 1.807) is 7.11 Å². The minimum absolute atomic E-state index is 0.153. The van der Waals surface area contributed by atoms with Crippen molar-refractivity contribution in [3.63, 3.8) is 0 Å². The molecule has 2 heterocycles. The van der Waals surface area contributed by atoms with Crippen molar-refractivity contribution in [2.24, 2.45) is 4.99 Å². The number of benzene rings is 2. The van der Waals surface area contributed by atoms with Crippen LogP contribution in [-0.2, 0) is 11.3 Å². The first-order chi connectivity index (χ1) is 14.9. The Morgan fingerprint density at radius 3 is 2.68 bits per heavy atom. The van der Waals surface area contributed by atoms with Crippen LogP contribution < -0.4 is 10.1 Å². The number of aryl methyl sites for hydroxylation is 1. The van der Waals surface area contributed by atoms with Crippen molar-refractivity contribution in [2.45, 2.75) is 20.4 Å². The highest BCUT2D eigenvalue weighted by Crippen LogP contribution is 2.30. The van der Waals surface area contributed by atoms with Gasteiger partial charge in [-0.3, -0.25) is 9.48 Å². The molecule has 0 aliphatic carbocycles. The van der Waals surface area contributed by atoms with E-state index in [4.69, 9.17) is 4.74 Å². The van der Waals surface area contributed by atoms with Gasteiger partial charge in [0.25, 0.3) is 5.91 Å². The standard InChI is InChI=1S/C23H21BrN4O2S/c1-14-21(24)15(2)28(27-14)13-17-11-16(9-10-19(17)30-3)12-20-22(29)26-23(31-20)25-18-7-5-4-6-8-18/h4-12H,13H2,1-3H3,(H,25,26,29)/b20-12+. The van der Waals surface area contributed by atoms with E-state index < -0.39 is 0 Å². The maximum Gasteiger partial charge on any atom is 0.264 e. The number of ether oxygens (including phenoxy) is 1. The number of thioether (sulfide) groups is 1. The Morgan fingerprint density at radius 2 is 2.00 bits per heavy atom. The predicted molar refractivity (Wildman–Crippen MR) is 129 cm³/mol. The highest BCUT2D eigenvalue weighted by Gasteiger charge is 2.24. The van der Waals surface area contributed by atoms with E-state index in [-0.39, 0.29) is 5.91 Å². The summed E-state index contributed by atoms with van der Waals surface area (Å²) in [5.74, 6) is 0.625. The molecule has 1 N–H and O–H groups in total. The lowest BCUT2D eigenvalue weighted by Crippen LogP contribution is -2.19. The first-order valence-corrected chi connectivity index (χ1v) is 11.3. The zero-order chi connectivity index (χ0) is 22.0. The van der Waals surface area contributed by atoms with E-state index in [0.29, 0.717) is 16.6 Å². The van der Waals surface area contributed by atoms with Crippen molar-refractivity contribution in [1.82, 2.24) is 15.1 Å². The second kappa shape index (κ2) is 9.11. The van der Waals surface area contributed by atoms with Crippen LogP contribution in [0.1, 0.15) is 22.5 Å². The molecule has 0 spiro atoms. The Hall–Kier alpha value is -2.84. The van der Waals surface area contributed by atoms with Gasteiger partial charge >= 0.3 is 0 Å². The largest absolute Gasteiger partial charge is 0.496 e. The molecule has 1 aliphatic heterocycles. The Bertz CT molecular complexity index is 1200. The molecule has 6 nitrogen and oxygen atoms in total. The number of hydrogen-bond acceptors (Lipinski definition) is 5. The minimum Gasteiger partial charge on any atom is -0.496 e. The molecular weight excluding hydrogens is 476 g/mol. The molecule has 1 aliphatic rings. The highest BCUT2D eigenvalue weighted by atomic mass is 79.9. The molecule has 1 fully saturated rings. The first-order valence-electron chi connectivity index (χ1n) is 9.65. The summed E-state index contributed by atoms with van der Waals surface area (Å²) in [6, 6.07) is 15.4. The third-order valence-electron chi connectivity index (χ3n) is 4.85. The number of rotatable bonds is 5. The summed E-state index contributed by atoms with van der Waals surface area (Å²) in [5, 5.41) is 7.99. The number of amidine groups is 1. The smallest absolute Gasteiger partial charge is 0.264 e. The molecule has 1 amide bonds. The molecule has 1 saturated heterocycles. The fourth-order valence-electron chi connectivity index (χ4n) is 3.25. The molecule has 158 valence electrons. The zero-order valence-corrected chi connectivity index (χ0v) is 19.8. The summed E-state index contributed by atoms with van der Waals surface area (Å²) < 4.78 is 8.50. The number of carbonyl (C=O) groups is 1. The molecule has 8 heteroatoms. The monoisotopic (exact) mass is 496 g/mol. The average Bonchev–Trinajstić information content (AvgIpc) is 3.22. The molecule has 4 rings (SSSR count). The topological polar surface area (TPSA) is 68.5 Å². The molecular formula is C23H21BrN4O2S. The van der Waals surface area contributed by atoms with E-state index in [9.17, 15) is 4.79 Å². The molecule has 2 aromatic carbocycles. The third kappa shape index (κ3) is 4.75. The third-order valence-corrected chi connectivity index (χ3v) is 6.91. The number of nitrogens with zero attached hydrogens (tertiary/aromatic N) is 3. The first kappa shape index (κ1) is 21.4. The minimum atomic E-state index is -0.153. The van der Waals surface area contributed by atoms with Crippen molar-refractivity contribution in [1.29, 1.82) is 0 Å². The van der Waals surface area contributed by atoms with Crippen molar-refractivity contribution < 1.29 is 9.53 Å². The second-order valence-electron chi connectivity index (χ2n) is 7.03. The van der Waals surface area contributed by atoms with Crippen LogP contribution in [0.2, 0.25) is 0 Å². The molecule has 31 heavy (non-hydrogen) atoms. The van der Waals surface area contributed by atoms with Crippen LogP contribution in [0, 0.1) is 13.8 Å². The van der Waals surface area contributed by atoms with Crippen molar-refractivity contribution >= 4 is 50.5 Å². The molecule has 0 saturated carbocycles. The summed E-state index contributed by atoms with van der Waals surface area (Å²) in [4.78, 5) is 17.5. The zero-order valence-electron chi connectivity index (χ0n) is 17.3. The maximum absolute atomic E-state index is 12.4. The van der Waals surface area contributed by atoms with E-state index in [1.165, 1.54) is 11.8 Å². The quantitative estimate of drug-likeness (QED) is 0.492. The van der Waals surface area contributed by atoms with Gasteiger partial charge in [0.15, 0.2) is 5.17 Å². The molecule has 3 aromatic rings.